The van der Waals surface area contributed by atoms with E-state index in [1.807, 2.05) is 23.2 Å². The number of amides is 2. The van der Waals surface area contributed by atoms with Crippen LogP contribution in [0.1, 0.15) is 73.7 Å². The monoisotopic (exact) mass is 493 g/mol. The van der Waals surface area contributed by atoms with Gasteiger partial charge >= 0.3 is 0 Å². The number of hydrogen-bond donors (Lipinski definition) is 0. The maximum Gasteiger partial charge on any atom is 0.290 e. The van der Waals surface area contributed by atoms with Crippen LogP contribution in [0.25, 0.3) is 0 Å². The summed E-state index contributed by atoms with van der Waals surface area (Å²) in [7, 11) is 0. The van der Waals surface area contributed by atoms with Gasteiger partial charge in [0.1, 0.15) is 12.4 Å². The van der Waals surface area contributed by atoms with Gasteiger partial charge in [-0.1, -0.05) is 44.7 Å². The van der Waals surface area contributed by atoms with Crippen molar-refractivity contribution in [1.82, 2.24) is 14.4 Å². The van der Waals surface area contributed by atoms with E-state index in [4.69, 9.17) is 4.42 Å². The Morgan fingerprint density at radius 3 is 2.53 bits per heavy atom. The molecular formula is C29H36FN3O3. The first-order chi connectivity index (χ1) is 17.5. The van der Waals surface area contributed by atoms with Crippen molar-refractivity contribution in [3.05, 3.63) is 83.8 Å². The van der Waals surface area contributed by atoms with E-state index in [1.54, 1.807) is 29.2 Å². The molecule has 2 aromatic heterocycles. The van der Waals surface area contributed by atoms with Gasteiger partial charge in [-0.25, -0.2) is 4.39 Å². The molecular weight excluding hydrogens is 457 g/mol. The maximum atomic E-state index is 13.8. The van der Waals surface area contributed by atoms with Gasteiger partial charge in [-0.15, -0.1) is 0 Å². The molecule has 0 spiro atoms. The summed E-state index contributed by atoms with van der Waals surface area (Å²) in [4.78, 5) is 30.4. The number of carbonyl (C=O) groups excluding carboxylic acids is 2. The van der Waals surface area contributed by atoms with Gasteiger partial charge in [0.15, 0.2) is 5.76 Å². The van der Waals surface area contributed by atoms with Crippen molar-refractivity contribution in [2.75, 3.05) is 13.1 Å². The van der Waals surface area contributed by atoms with E-state index in [-0.39, 0.29) is 36.0 Å². The van der Waals surface area contributed by atoms with Gasteiger partial charge in [-0.05, 0) is 61.2 Å². The fourth-order valence-corrected chi connectivity index (χ4v) is 4.93. The fourth-order valence-electron chi connectivity index (χ4n) is 4.93. The van der Waals surface area contributed by atoms with Crippen LogP contribution in [0.15, 0.2) is 65.4 Å². The summed E-state index contributed by atoms with van der Waals surface area (Å²) in [5.41, 5.74) is 2.02. The highest BCUT2D eigenvalue weighted by atomic mass is 19.1. The van der Waals surface area contributed by atoms with Gasteiger partial charge in [0, 0.05) is 31.0 Å². The lowest BCUT2D eigenvalue weighted by Crippen LogP contribution is -2.47. The number of furan rings is 1. The first kappa shape index (κ1) is 25.7. The topological polar surface area (TPSA) is 58.7 Å². The zero-order valence-corrected chi connectivity index (χ0v) is 21.1. The molecule has 0 radical (unpaired) electrons. The summed E-state index contributed by atoms with van der Waals surface area (Å²) in [5.74, 6) is -0.272. The van der Waals surface area contributed by atoms with Crippen LogP contribution in [-0.2, 0) is 17.9 Å². The van der Waals surface area contributed by atoms with E-state index < -0.39 is 0 Å². The second kappa shape index (κ2) is 12.6. The van der Waals surface area contributed by atoms with E-state index in [9.17, 15) is 14.0 Å². The molecule has 1 aliphatic carbocycles. The molecule has 0 atom stereocenters. The first-order valence-corrected chi connectivity index (χ1v) is 13.1. The molecule has 0 N–H and O–H groups in total. The second-order valence-corrected chi connectivity index (χ2v) is 9.62. The van der Waals surface area contributed by atoms with Crippen LogP contribution in [-0.4, -0.2) is 45.3 Å². The fraction of sp³-hybridized carbons (Fsp3) is 0.448. The Balaban J connectivity index is 1.52. The maximum absolute atomic E-state index is 13.8. The molecule has 3 aromatic rings. The SMILES string of the molecule is CCCCN(CC(=O)N(Cc1cccn1Cc1ccc(F)cc1)C1CCCCC1)C(=O)c1ccco1. The van der Waals surface area contributed by atoms with Crippen molar-refractivity contribution in [3.63, 3.8) is 0 Å². The molecule has 2 heterocycles. The van der Waals surface area contributed by atoms with Crippen molar-refractivity contribution < 1.29 is 18.4 Å². The smallest absolute Gasteiger partial charge is 0.290 e. The van der Waals surface area contributed by atoms with Crippen molar-refractivity contribution in [1.29, 1.82) is 0 Å². The Kier molecular flexibility index (Phi) is 8.98. The summed E-state index contributed by atoms with van der Waals surface area (Å²) in [6.45, 7) is 3.71. The van der Waals surface area contributed by atoms with E-state index in [0.29, 0.717) is 19.6 Å². The molecule has 0 aliphatic heterocycles. The predicted octanol–water partition coefficient (Wildman–Crippen LogP) is 5.87. The van der Waals surface area contributed by atoms with E-state index in [2.05, 4.69) is 11.5 Å². The minimum Gasteiger partial charge on any atom is -0.459 e. The van der Waals surface area contributed by atoms with Crippen molar-refractivity contribution in [2.45, 2.75) is 71.0 Å². The number of carbonyl (C=O) groups is 2. The Morgan fingerprint density at radius 2 is 1.83 bits per heavy atom. The lowest BCUT2D eigenvalue weighted by Gasteiger charge is -2.36. The van der Waals surface area contributed by atoms with E-state index in [1.165, 1.54) is 24.8 Å². The van der Waals surface area contributed by atoms with Crippen LogP contribution in [0.2, 0.25) is 0 Å². The lowest BCUT2D eigenvalue weighted by atomic mass is 9.94. The highest BCUT2D eigenvalue weighted by molar-refractivity contribution is 5.94. The average Bonchev–Trinajstić information content (AvgIpc) is 3.59. The van der Waals surface area contributed by atoms with Gasteiger partial charge in [0.2, 0.25) is 5.91 Å². The predicted molar refractivity (Wildman–Crippen MR) is 137 cm³/mol. The third-order valence-electron chi connectivity index (χ3n) is 6.98. The Morgan fingerprint density at radius 1 is 1.06 bits per heavy atom. The molecule has 192 valence electrons. The number of hydrogen-bond acceptors (Lipinski definition) is 3. The molecule has 1 saturated carbocycles. The molecule has 0 unspecified atom stereocenters. The number of benzene rings is 1. The van der Waals surface area contributed by atoms with Crippen LogP contribution < -0.4 is 0 Å². The van der Waals surface area contributed by atoms with Crippen LogP contribution in [0.3, 0.4) is 0 Å². The minimum atomic E-state index is -0.253. The Hall–Kier alpha value is -3.35. The highest BCUT2D eigenvalue weighted by Gasteiger charge is 2.29. The second-order valence-electron chi connectivity index (χ2n) is 9.62. The number of unbranched alkanes of at least 4 members (excludes halogenated alkanes) is 1. The van der Waals surface area contributed by atoms with Gasteiger partial charge in [0.05, 0.1) is 12.8 Å². The Labute approximate surface area is 212 Å². The summed E-state index contributed by atoms with van der Waals surface area (Å²) < 4.78 is 20.8. The molecule has 1 aliphatic rings. The summed E-state index contributed by atoms with van der Waals surface area (Å²) >= 11 is 0. The standard InChI is InChI=1S/C29H36FN3O3/c1-2-3-17-32(29(35)27-12-8-19-36-27)22-28(34)33(25-9-5-4-6-10-25)21-26-11-7-18-31(26)20-23-13-15-24(30)16-14-23/h7-8,11-16,18-19,25H,2-6,9-10,17,20-22H2,1H3. The normalized spacial score (nSPS) is 14.1. The van der Waals surface area contributed by atoms with Gasteiger partial charge in [0.25, 0.3) is 5.91 Å². The molecule has 2 amide bonds. The first-order valence-electron chi connectivity index (χ1n) is 13.1. The van der Waals surface area contributed by atoms with Gasteiger partial charge < -0.3 is 18.8 Å². The van der Waals surface area contributed by atoms with Gasteiger partial charge in [-0.2, -0.15) is 0 Å². The third kappa shape index (κ3) is 6.65. The summed E-state index contributed by atoms with van der Waals surface area (Å²) in [5, 5.41) is 0. The van der Waals surface area contributed by atoms with Crippen LogP contribution in [0.5, 0.6) is 0 Å². The molecule has 1 fully saturated rings. The number of halogens is 1. The molecule has 7 heteroatoms. The molecule has 36 heavy (non-hydrogen) atoms. The molecule has 0 bridgehead atoms. The Bertz CT molecular complexity index is 1100. The average molecular weight is 494 g/mol. The third-order valence-corrected chi connectivity index (χ3v) is 6.98. The van der Waals surface area contributed by atoms with Crippen molar-refractivity contribution >= 4 is 11.8 Å². The van der Waals surface area contributed by atoms with Crippen LogP contribution in [0, 0.1) is 5.82 Å². The lowest BCUT2D eigenvalue weighted by molar-refractivity contribution is -0.135. The highest BCUT2D eigenvalue weighted by Crippen LogP contribution is 2.25. The summed E-state index contributed by atoms with van der Waals surface area (Å²) in [6.07, 6.45) is 10.6. The zero-order valence-electron chi connectivity index (χ0n) is 21.1. The number of rotatable bonds is 11. The number of aromatic nitrogens is 1. The summed E-state index contributed by atoms with van der Waals surface area (Å²) in [6, 6.07) is 14.0. The van der Waals surface area contributed by atoms with Crippen molar-refractivity contribution in [3.8, 4) is 0 Å². The van der Waals surface area contributed by atoms with Gasteiger partial charge in [-0.3, -0.25) is 9.59 Å². The van der Waals surface area contributed by atoms with E-state index in [0.717, 1.165) is 49.8 Å². The molecule has 1 aromatic carbocycles. The molecule has 4 rings (SSSR count). The quantitative estimate of drug-likeness (QED) is 0.336. The molecule has 6 nitrogen and oxygen atoms in total. The van der Waals surface area contributed by atoms with Crippen LogP contribution >= 0.6 is 0 Å². The number of nitrogens with zero attached hydrogens (tertiary/aromatic N) is 3. The molecule has 0 saturated heterocycles. The van der Waals surface area contributed by atoms with E-state index >= 15 is 0 Å². The largest absolute Gasteiger partial charge is 0.459 e. The zero-order chi connectivity index (χ0) is 25.3. The minimum absolute atomic E-state index is 0.0348. The van der Waals surface area contributed by atoms with Crippen molar-refractivity contribution in [2.24, 2.45) is 0 Å². The van der Waals surface area contributed by atoms with Crippen LogP contribution in [0.4, 0.5) is 4.39 Å².